The van der Waals surface area contributed by atoms with Gasteiger partial charge in [0.15, 0.2) is 11.3 Å². The van der Waals surface area contributed by atoms with Crippen LogP contribution in [0.5, 0.6) is 11.5 Å². The van der Waals surface area contributed by atoms with Crippen molar-refractivity contribution in [2.24, 2.45) is 0 Å². The highest BCUT2D eigenvalue weighted by molar-refractivity contribution is 9.10. The lowest BCUT2D eigenvalue weighted by molar-refractivity contribution is -0.275. The molecule has 6 aromatic heterocycles. The highest BCUT2D eigenvalue weighted by Crippen LogP contribution is 2.40. The predicted octanol–water partition coefficient (Wildman–Crippen LogP) is 9.83. The van der Waals surface area contributed by atoms with Crippen LogP contribution in [0.3, 0.4) is 0 Å². The van der Waals surface area contributed by atoms with Crippen molar-refractivity contribution < 1.29 is 45.9 Å². The predicted molar refractivity (Wildman–Crippen MR) is 256 cm³/mol. The van der Waals surface area contributed by atoms with Crippen molar-refractivity contribution >= 4 is 34.3 Å². The molecule has 2 N–H and O–H groups in total. The molecule has 0 aliphatic heterocycles. The first-order valence-corrected chi connectivity index (χ1v) is 23.6. The third-order valence-electron chi connectivity index (χ3n) is 11.9. The number of rotatable bonds is 12. The van der Waals surface area contributed by atoms with E-state index in [9.17, 15) is 35.9 Å². The van der Waals surface area contributed by atoms with Gasteiger partial charge in [0.2, 0.25) is 0 Å². The van der Waals surface area contributed by atoms with Crippen LogP contribution in [0.25, 0.3) is 33.5 Å². The Bertz CT molecular complexity index is 3190. The molecule has 0 spiro atoms. The summed E-state index contributed by atoms with van der Waals surface area (Å²) in [6.45, 7) is 0.767. The summed E-state index contributed by atoms with van der Waals surface area (Å²) in [7, 11) is -1.06. The van der Waals surface area contributed by atoms with E-state index < -0.39 is 19.8 Å². The van der Waals surface area contributed by atoms with E-state index >= 15 is 0 Å². The van der Waals surface area contributed by atoms with Crippen molar-refractivity contribution in [2.75, 3.05) is 0 Å². The number of halogens is 7. The number of aryl methyl sites for hydroxylation is 4. The lowest BCUT2D eigenvalue weighted by Crippen LogP contribution is -2.22. The van der Waals surface area contributed by atoms with Crippen LogP contribution < -0.4 is 20.9 Å². The van der Waals surface area contributed by atoms with Gasteiger partial charge in [-0.3, -0.25) is 9.97 Å². The van der Waals surface area contributed by atoms with Gasteiger partial charge in [-0.25, -0.2) is 27.8 Å². The summed E-state index contributed by atoms with van der Waals surface area (Å²) in [6.07, 6.45) is 6.43. The molecule has 8 aromatic rings. The second-order valence-corrected chi connectivity index (χ2v) is 18.0. The number of hydrogen-bond donors (Lipinski definition) is 2. The average molecular weight is 1050 g/mol. The zero-order chi connectivity index (χ0) is 50.3. The second kappa shape index (κ2) is 22.1. The number of pyridine rings is 4. The molecule has 0 bridgehead atoms. The number of benzene rings is 2. The Morgan fingerprint density at radius 3 is 1.46 bits per heavy atom. The molecule has 71 heavy (non-hydrogen) atoms. The second-order valence-electron chi connectivity index (χ2n) is 17.1. The molecule has 14 nitrogen and oxygen atoms in total. The first-order valence-electron chi connectivity index (χ1n) is 22.8. The Balaban J connectivity index is 0.000000162. The Kier molecular flexibility index (Phi) is 15.8. The van der Waals surface area contributed by atoms with Crippen molar-refractivity contribution in [1.29, 1.82) is 0 Å². The molecule has 0 amide bonds. The van der Waals surface area contributed by atoms with Gasteiger partial charge in [-0.05, 0) is 125 Å². The summed E-state index contributed by atoms with van der Waals surface area (Å²) in [5.41, 5.74) is 6.08. The summed E-state index contributed by atoms with van der Waals surface area (Å²) < 4.78 is 88.2. The standard InChI is InChI=1S/C23H19F3N4O2.C20H14BrF3N4O2.C6H13BO2/c24-23(25,26)32-20-6-3-16(4-7-20)18-5-8-21-28-30(22(31)29(21)14-18)12-10-19-13-17(9-11-27-19)15-1-2-15;21-15-7-9-25-16(11-15)8-10-28-19(29)27-12-14(3-6-18(27)26-28)13-1-4-17(5-2-13)30-20(22,23)24;8-7(9)6-4-2-1-3-5-6/h3-9,11,13-15H,1-2,10,12H2;1-7,9,11-12H,8,10H2;6,8-9H,1-5H2. The van der Waals surface area contributed by atoms with Crippen molar-refractivity contribution in [3.63, 3.8) is 0 Å². The quantitative estimate of drug-likeness (QED) is 0.0890. The molecule has 2 aromatic carbocycles. The fourth-order valence-corrected chi connectivity index (χ4v) is 8.51. The zero-order valence-electron chi connectivity index (χ0n) is 37.8. The maximum Gasteiger partial charge on any atom is 0.573 e. The topological polar surface area (TPSA) is 163 Å². The number of fused-ring (bicyclic) bond motifs is 2. The molecule has 0 atom stereocenters. The summed E-state index contributed by atoms with van der Waals surface area (Å²) in [5, 5.41) is 26.2. The molecular weight excluding hydrogens is 1000 g/mol. The lowest BCUT2D eigenvalue weighted by Gasteiger charge is -2.19. The van der Waals surface area contributed by atoms with Gasteiger partial charge < -0.3 is 19.5 Å². The van der Waals surface area contributed by atoms with Gasteiger partial charge in [-0.1, -0.05) is 72.3 Å². The molecular formula is C49H46BBrF6N8O6. The highest BCUT2D eigenvalue weighted by Gasteiger charge is 2.32. The summed E-state index contributed by atoms with van der Waals surface area (Å²) in [5.74, 6) is 0.200. The summed E-state index contributed by atoms with van der Waals surface area (Å²) in [4.78, 5) is 34.2. The van der Waals surface area contributed by atoms with Crippen molar-refractivity contribution in [1.82, 2.24) is 38.3 Å². The van der Waals surface area contributed by atoms with Gasteiger partial charge >= 0.3 is 31.2 Å². The molecule has 2 fully saturated rings. The minimum Gasteiger partial charge on any atom is -0.427 e. The van der Waals surface area contributed by atoms with Crippen LogP contribution >= 0.6 is 15.9 Å². The SMILES string of the molecule is O=c1n(CCc2cc(Br)ccn2)nc2ccc(-c3ccc(OC(F)(F)F)cc3)cn12.O=c1n(CCc2cc(C3CC3)ccn2)nc2ccc(-c3ccc(OC(F)(F)F)cc3)cn12.OB(O)C1CCCCC1. The fourth-order valence-electron chi connectivity index (χ4n) is 8.13. The minimum atomic E-state index is -4.74. The number of aromatic nitrogens is 8. The van der Waals surface area contributed by atoms with Crippen molar-refractivity contribution in [2.45, 2.75) is 95.3 Å². The number of ether oxygens (including phenoxy) is 2. The fraction of sp³-hybridized carbons (Fsp3) is 0.306. The van der Waals surface area contributed by atoms with Gasteiger partial charge in [-0.15, -0.1) is 36.5 Å². The van der Waals surface area contributed by atoms with Crippen LogP contribution in [0.4, 0.5) is 26.3 Å². The Labute approximate surface area is 410 Å². The molecule has 10 rings (SSSR count). The van der Waals surface area contributed by atoms with Crippen LogP contribution in [-0.2, 0) is 25.9 Å². The average Bonchev–Trinajstić information content (AvgIpc) is 4.09. The molecule has 0 saturated heterocycles. The maximum absolute atomic E-state index is 12.8. The molecule has 2 aliphatic carbocycles. The Morgan fingerprint density at radius 1 is 0.592 bits per heavy atom. The summed E-state index contributed by atoms with van der Waals surface area (Å²) >= 11 is 3.39. The van der Waals surface area contributed by atoms with E-state index in [0.29, 0.717) is 65.4 Å². The third kappa shape index (κ3) is 14.0. The minimum absolute atomic E-state index is 0.166. The third-order valence-corrected chi connectivity index (χ3v) is 12.4. The maximum atomic E-state index is 12.8. The molecule has 0 unspecified atom stereocenters. The van der Waals surface area contributed by atoms with E-state index in [1.807, 2.05) is 24.4 Å². The molecule has 6 heterocycles. The van der Waals surface area contributed by atoms with E-state index in [0.717, 1.165) is 28.7 Å². The molecule has 2 aliphatic rings. The Hall–Kier alpha value is -6.78. The van der Waals surface area contributed by atoms with E-state index in [1.165, 1.54) is 104 Å². The van der Waals surface area contributed by atoms with Crippen molar-refractivity contribution in [3.8, 4) is 33.8 Å². The molecule has 22 heteroatoms. The first-order chi connectivity index (χ1) is 33.9. The van der Waals surface area contributed by atoms with Gasteiger partial charge in [0, 0.05) is 53.5 Å². The van der Waals surface area contributed by atoms with Gasteiger partial charge in [-0.2, -0.15) is 0 Å². The summed E-state index contributed by atoms with van der Waals surface area (Å²) in [6, 6.07) is 25.7. The van der Waals surface area contributed by atoms with Crippen LogP contribution in [-0.4, -0.2) is 68.2 Å². The molecule has 0 radical (unpaired) electrons. The molecule has 370 valence electrons. The molecule has 2 saturated carbocycles. The van der Waals surface area contributed by atoms with Crippen LogP contribution in [0.15, 0.2) is 136 Å². The van der Waals surface area contributed by atoms with Crippen LogP contribution in [0.1, 0.15) is 67.8 Å². The van der Waals surface area contributed by atoms with Crippen molar-refractivity contribution in [3.05, 3.63) is 164 Å². The lowest BCUT2D eigenvalue weighted by atomic mass is 9.65. The van der Waals surface area contributed by atoms with E-state index in [4.69, 9.17) is 10.0 Å². The van der Waals surface area contributed by atoms with E-state index in [2.05, 4.69) is 51.6 Å². The van der Waals surface area contributed by atoms with E-state index in [-0.39, 0.29) is 28.7 Å². The first kappa shape index (κ1) is 50.6. The monoisotopic (exact) mass is 1050 g/mol. The number of alkyl halides is 6. The smallest absolute Gasteiger partial charge is 0.427 e. The zero-order valence-corrected chi connectivity index (χ0v) is 39.4. The number of nitrogens with zero attached hydrogens (tertiary/aromatic N) is 8. The van der Waals surface area contributed by atoms with Crippen LogP contribution in [0, 0.1) is 0 Å². The number of hydrogen-bond acceptors (Lipinski definition) is 10. The highest BCUT2D eigenvalue weighted by atomic mass is 79.9. The van der Waals surface area contributed by atoms with Gasteiger partial charge in [0.25, 0.3) is 0 Å². The largest absolute Gasteiger partial charge is 0.573 e. The van der Waals surface area contributed by atoms with Crippen LogP contribution in [0.2, 0.25) is 5.82 Å². The van der Waals surface area contributed by atoms with Gasteiger partial charge in [0.1, 0.15) is 11.5 Å². The Morgan fingerprint density at radius 2 is 1.04 bits per heavy atom. The normalized spacial score (nSPS) is 14.1. The van der Waals surface area contributed by atoms with Gasteiger partial charge in [0.05, 0.1) is 13.1 Å². The van der Waals surface area contributed by atoms with E-state index in [1.54, 1.807) is 42.9 Å².